The highest BCUT2D eigenvalue weighted by Gasteiger charge is 2.20. The van der Waals surface area contributed by atoms with Crippen LogP contribution in [0.4, 0.5) is 21.8 Å². The normalized spacial score (nSPS) is 14.0. The first-order chi connectivity index (χ1) is 13.7. The average molecular weight is 378 g/mol. The van der Waals surface area contributed by atoms with Crippen molar-refractivity contribution in [1.82, 2.24) is 15.0 Å². The first-order valence-electron chi connectivity index (χ1n) is 8.99. The molecule has 8 heteroatoms. The maximum Gasteiger partial charge on any atom is 0.257 e. The van der Waals surface area contributed by atoms with Gasteiger partial charge in [0.2, 0.25) is 5.95 Å². The van der Waals surface area contributed by atoms with E-state index >= 15 is 0 Å². The number of halogens is 1. The molecule has 142 valence electrons. The number of nitrogens with one attached hydrogen (secondary N) is 1. The number of pyridine rings is 1. The third kappa shape index (κ3) is 4.06. The zero-order valence-corrected chi connectivity index (χ0v) is 15.1. The molecule has 3 aromatic rings. The van der Waals surface area contributed by atoms with E-state index in [1.165, 1.54) is 18.3 Å². The van der Waals surface area contributed by atoms with Gasteiger partial charge < -0.3 is 15.1 Å². The van der Waals surface area contributed by atoms with Crippen molar-refractivity contribution in [2.75, 3.05) is 41.3 Å². The van der Waals surface area contributed by atoms with Crippen LogP contribution in [0.15, 0.2) is 61.1 Å². The summed E-state index contributed by atoms with van der Waals surface area (Å²) in [5, 5.41) is 2.67. The van der Waals surface area contributed by atoms with Gasteiger partial charge in [0, 0.05) is 50.5 Å². The largest absolute Gasteiger partial charge is 0.353 e. The minimum atomic E-state index is -0.397. The number of anilines is 3. The van der Waals surface area contributed by atoms with Crippen LogP contribution in [0.1, 0.15) is 10.4 Å². The maximum absolute atomic E-state index is 13.2. The second-order valence-corrected chi connectivity index (χ2v) is 6.39. The molecule has 2 aromatic heterocycles. The molecule has 1 aliphatic heterocycles. The van der Waals surface area contributed by atoms with Crippen LogP contribution in [0.25, 0.3) is 0 Å². The van der Waals surface area contributed by atoms with Crippen molar-refractivity contribution >= 4 is 23.4 Å². The van der Waals surface area contributed by atoms with Crippen LogP contribution in [0.3, 0.4) is 0 Å². The van der Waals surface area contributed by atoms with Gasteiger partial charge in [-0.15, -0.1) is 0 Å². The zero-order chi connectivity index (χ0) is 19.3. The Kier molecular flexibility index (Phi) is 5.09. The highest BCUT2D eigenvalue weighted by Crippen LogP contribution is 2.17. The number of carbonyl (C=O) groups excluding carboxylic acids is 1. The van der Waals surface area contributed by atoms with Crippen molar-refractivity contribution in [3.05, 3.63) is 72.4 Å². The summed E-state index contributed by atoms with van der Waals surface area (Å²) in [6.07, 6.45) is 5.02. The molecule has 1 amide bonds. The molecule has 28 heavy (non-hydrogen) atoms. The number of aromatic nitrogens is 3. The van der Waals surface area contributed by atoms with Crippen LogP contribution in [0.2, 0.25) is 0 Å². The lowest BCUT2D eigenvalue weighted by Crippen LogP contribution is -2.47. The summed E-state index contributed by atoms with van der Waals surface area (Å²) in [5.74, 6) is 0.831. The van der Waals surface area contributed by atoms with E-state index in [1.807, 2.05) is 6.07 Å². The van der Waals surface area contributed by atoms with Crippen LogP contribution in [0.5, 0.6) is 0 Å². The molecule has 3 heterocycles. The van der Waals surface area contributed by atoms with Gasteiger partial charge in [0.1, 0.15) is 11.6 Å². The van der Waals surface area contributed by atoms with E-state index in [1.54, 1.807) is 36.7 Å². The summed E-state index contributed by atoms with van der Waals surface area (Å²) in [6.45, 7) is 3.18. The minimum absolute atomic E-state index is 0.323. The SMILES string of the molecule is O=C(Nc1cccc(F)c1)c1ccc(N2CCN(c3ncccn3)CC2)nc1. The van der Waals surface area contributed by atoms with Gasteiger partial charge in [-0.05, 0) is 36.4 Å². The van der Waals surface area contributed by atoms with Crippen molar-refractivity contribution in [3.63, 3.8) is 0 Å². The fourth-order valence-electron chi connectivity index (χ4n) is 3.07. The van der Waals surface area contributed by atoms with Crippen molar-refractivity contribution in [2.45, 2.75) is 0 Å². The Labute approximate surface area is 161 Å². The number of amides is 1. The van der Waals surface area contributed by atoms with Crippen LogP contribution in [-0.2, 0) is 0 Å². The van der Waals surface area contributed by atoms with Crippen molar-refractivity contribution in [3.8, 4) is 0 Å². The quantitative estimate of drug-likeness (QED) is 0.752. The van der Waals surface area contributed by atoms with Crippen LogP contribution < -0.4 is 15.1 Å². The predicted molar refractivity (Wildman–Crippen MR) is 105 cm³/mol. The predicted octanol–water partition coefficient (Wildman–Crippen LogP) is 2.59. The fraction of sp³-hybridized carbons (Fsp3) is 0.200. The van der Waals surface area contributed by atoms with Gasteiger partial charge >= 0.3 is 0 Å². The Morgan fingerprint density at radius 2 is 1.68 bits per heavy atom. The monoisotopic (exact) mass is 378 g/mol. The molecular weight excluding hydrogens is 359 g/mol. The van der Waals surface area contributed by atoms with E-state index < -0.39 is 5.82 Å². The van der Waals surface area contributed by atoms with Crippen molar-refractivity contribution in [1.29, 1.82) is 0 Å². The van der Waals surface area contributed by atoms with Crippen LogP contribution >= 0.6 is 0 Å². The summed E-state index contributed by atoms with van der Waals surface area (Å²) in [6, 6.07) is 11.1. The minimum Gasteiger partial charge on any atom is -0.353 e. The third-order valence-electron chi connectivity index (χ3n) is 4.53. The summed E-state index contributed by atoms with van der Waals surface area (Å²) in [5.41, 5.74) is 0.831. The Morgan fingerprint density at radius 1 is 0.929 bits per heavy atom. The number of rotatable bonds is 4. The number of benzene rings is 1. The van der Waals surface area contributed by atoms with E-state index in [2.05, 4.69) is 30.1 Å². The number of hydrogen-bond donors (Lipinski definition) is 1. The Hall–Kier alpha value is -3.55. The van der Waals surface area contributed by atoms with Gasteiger partial charge in [0.15, 0.2) is 0 Å². The van der Waals surface area contributed by atoms with Gasteiger partial charge in [0.05, 0.1) is 5.56 Å². The van der Waals surface area contributed by atoms with Gasteiger partial charge in [-0.2, -0.15) is 0 Å². The molecule has 0 bridgehead atoms. The highest BCUT2D eigenvalue weighted by molar-refractivity contribution is 6.04. The molecule has 0 aliphatic carbocycles. The van der Waals surface area contributed by atoms with Crippen LogP contribution in [-0.4, -0.2) is 47.0 Å². The Balaban J connectivity index is 1.36. The summed E-state index contributed by atoms with van der Waals surface area (Å²) >= 11 is 0. The molecule has 0 saturated carbocycles. The average Bonchev–Trinajstić information content (AvgIpc) is 2.75. The third-order valence-corrected chi connectivity index (χ3v) is 4.53. The number of nitrogens with zero attached hydrogens (tertiary/aromatic N) is 5. The maximum atomic E-state index is 13.2. The molecule has 0 spiro atoms. The molecule has 1 aliphatic rings. The second kappa shape index (κ2) is 7.99. The first kappa shape index (κ1) is 17.8. The molecular formula is C20H19FN6O. The van der Waals surface area contributed by atoms with Crippen molar-refractivity contribution in [2.24, 2.45) is 0 Å². The second-order valence-electron chi connectivity index (χ2n) is 6.39. The van der Waals surface area contributed by atoms with Crippen LogP contribution in [0, 0.1) is 5.82 Å². The summed E-state index contributed by atoms with van der Waals surface area (Å²) < 4.78 is 13.2. The van der Waals surface area contributed by atoms with E-state index in [-0.39, 0.29) is 5.91 Å². The topological polar surface area (TPSA) is 74.2 Å². The van der Waals surface area contributed by atoms with Gasteiger partial charge in [0.25, 0.3) is 5.91 Å². The molecule has 0 atom stereocenters. The lowest BCUT2D eigenvalue weighted by Gasteiger charge is -2.35. The summed E-state index contributed by atoms with van der Waals surface area (Å²) in [7, 11) is 0. The van der Waals surface area contributed by atoms with Crippen molar-refractivity contribution < 1.29 is 9.18 Å². The molecule has 0 unspecified atom stereocenters. The van der Waals surface area contributed by atoms with Gasteiger partial charge in [-0.1, -0.05) is 6.07 Å². The molecule has 1 aromatic carbocycles. The first-order valence-corrected chi connectivity index (χ1v) is 8.99. The van der Waals surface area contributed by atoms with Gasteiger partial charge in [-0.25, -0.2) is 19.3 Å². The molecule has 1 fully saturated rings. The highest BCUT2D eigenvalue weighted by atomic mass is 19.1. The lowest BCUT2D eigenvalue weighted by molar-refractivity contribution is 0.102. The Morgan fingerprint density at radius 3 is 2.36 bits per heavy atom. The lowest BCUT2D eigenvalue weighted by atomic mass is 10.2. The number of carbonyl (C=O) groups is 1. The van der Waals surface area contributed by atoms with E-state index in [0.717, 1.165) is 37.9 Å². The van der Waals surface area contributed by atoms with Gasteiger partial charge in [-0.3, -0.25) is 4.79 Å². The number of hydrogen-bond acceptors (Lipinski definition) is 6. The van der Waals surface area contributed by atoms with E-state index in [9.17, 15) is 9.18 Å². The smallest absolute Gasteiger partial charge is 0.257 e. The number of piperazine rings is 1. The fourth-order valence-corrected chi connectivity index (χ4v) is 3.07. The summed E-state index contributed by atoms with van der Waals surface area (Å²) in [4.78, 5) is 29.6. The molecule has 4 rings (SSSR count). The van der Waals surface area contributed by atoms with E-state index in [0.29, 0.717) is 11.3 Å². The standard InChI is InChI=1S/C20H19FN6O/c21-16-3-1-4-17(13-16)25-19(28)15-5-6-18(24-14-15)26-9-11-27(12-10-26)20-22-7-2-8-23-20/h1-8,13-14H,9-12H2,(H,25,28). The molecule has 0 radical (unpaired) electrons. The zero-order valence-electron chi connectivity index (χ0n) is 15.1. The molecule has 1 N–H and O–H groups in total. The Bertz CT molecular complexity index is 942. The van der Waals surface area contributed by atoms with E-state index in [4.69, 9.17) is 0 Å². The molecule has 7 nitrogen and oxygen atoms in total. The molecule has 1 saturated heterocycles.